The number of nitrogens with one attached hydrogen (secondary N) is 1. The monoisotopic (exact) mass is 273 g/mol. The molecule has 4 heteroatoms. The quantitative estimate of drug-likeness (QED) is 0.900. The van der Waals surface area contributed by atoms with Crippen LogP contribution >= 0.6 is 0 Å². The number of rotatable bonds is 4. The van der Waals surface area contributed by atoms with Gasteiger partial charge < -0.3 is 10.5 Å². The summed E-state index contributed by atoms with van der Waals surface area (Å²) in [4.78, 5) is 0. The molecule has 0 unspecified atom stereocenters. The highest BCUT2D eigenvalue weighted by Crippen LogP contribution is 2.34. The average molecular weight is 273 g/mol. The van der Waals surface area contributed by atoms with Crippen LogP contribution in [-0.4, -0.2) is 23.9 Å². The van der Waals surface area contributed by atoms with Crippen LogP contribution in [0.3, 0.4) is 0 Å². The molecular formula is C16H23N3O. The van der Waals surface area contributed by atoms with E-state index in [9.17, 15) is 0 Å². The van der Waals surface area contributed by atoms with Crippen LogP contribution in [0.5, 0.6) is 5.75 Å². The lowest BCUT2D eigenvalue weighted by Crippen LogP contribution is -2.12. The molecule has 0 amide bonds. The van der Waals surface area contributed by atoms with Crippen molar-refractivity contribution in [3.8, 4) is 17.0 Å². The second-order valence-corrected chi connectivity index (χ2v) is 5.98. The van der Waals surface area contributed by atoms with Crippen LogP contribution in [0.25, 0.3) is 11.3 Å². The smallest absolute Gasteiger partial charge is 0.122 e. The molecule has 108 valence electrons. The van der Waals surface area contributed by atoms with Gasteiger partial charge in [-0.3, -0.25) is 5.10 Å². The fourth-order valence-corrected chi connectivity index (χ4v) is 2.25. The Morgan fingerprint density at radius 2 is 2.00 bits per heavy atom. The Hall–Kier alpha value is -1.81. The van der Waals surface area contributed by atoms with Crippen LogP contribution in [0.1, 0.15) is 32.0 Å². The normalized spacial score (nSPS) is 11.7. The highest BCUT2D eigenvalue weighted by atomic mass is 16.5. The average Bonchev–Trinajstić information content (AvgIpc) is 2.86. The Kier molecular flexibility index (Phi) is 4.14. The predicted octanol–water partition coefficient (Wildman–Crippen LogP) is 2.88. The summed E-state index contributed by atoms with van der Waals surface area (Å²) in [5.74, 6) is 0.916. The van der Waals surface area contributed by atoms with E-state index >= 15 is 0 Å². The number of hydrogen-bond acceptors (Lipinski definition) is 3. The summed E-state index contributed by atoms with van der Waals surface area (Å²) < 4.78 is 5.46. The van der Waals surface area contributed by atoms with Gasteiger partial charge >= 0.3 is 0 Å². The molecule has 0 spiro atoms. The Balaban J connectivity index is 2.42. The molecule has 1 heterocycles. The highest BCUT2D eigenvalue weighted by Gasteiger charge is 2.20. The van der Waals surface area contributed by atoms with Crippen LogP contribution in [0, 0.1) is 0 Å². The lowest BCUT2D eigenvalue weighted by atomic mass is 9.85. The first-order valence-corrected chi connectivity index (χ1v) is 6.89. The van der Waals surface area contributed by atoms with Crippen molar-refractivity contribution in [1.82, 2.24) is 10.2 Å². The minimum Gasteiger partial charge on any atom is -0.496 e. The van der Waals surface area contributed by atoms with Gasteiger partial charge in [-0.05, 0) is 36.2 Å². The molecule has 20 heavy (non-hydrogen) atoms. The van der Waals surface area contributed by atoms with Crippen molar-refractivity contribution in [3.63, 3.8) is 0 Å². The van der Waals surface area contributed by atoms with E-state index in [2.05, 4.69) is 43.1 Å². The molecule has 2 aromatic rings. The van der Waals surface area contributed by atoms with Gasteiger partial charge in [-0.25, -0.2) is 0 Å². The molecule has 0 bridgehead atoms. The van der Waals surface area contributed by atoms with Gasteiger partial charge in [0.15, 0.2) is 0 Å². The first-order chi connectivity index (χ1) is 9.45. The lowest BCUT2D eigenvalue weighted by Gasteiger charge is -2.22. The Bertz CT molecular complexity index is 582. The van der Waals surface area contributed by atoms with Crippen LogP contribution in [-0.2, 0) is 11.8 Å². The molecule has 1 aromatic carbocycles. The van der Waals surface area contributed by atoms with E-state index in [0.29, 0.717) is 6.54 Å². The van der Waals surface area contributed by atoms with Gasteiger partial charge in [0.2, 0.25) is 0 Å². The van der Waals surface area contributed by atoms with E-state index in [1.54, 1.807) is 7.11 Å². The molecule has 1 aromatic heterocycles. The number of ether oxygens (including phenoxy) is 1. The third-order valence-corrected chi connectivity index (χ3v) is 3.35. The maximum atomic E-state index is 5.56. The zero-order valence-electron chi connectivity index (χ0n) is 12.7. The van der Waals surface area contributed by atoms with Crippen molar-refractivity contribution in [2.75, 3.05) is 13.7 Å². The molecule has 0 aliphatic heterocycles. The first-order valence-electron chi connectivity index (χ1n) is 6.89. The zero-order valence-corrected chi connectivity index (χ0v) is 12.7. The minimum atomic E-state index is 0.0255. The topological polar surface area (TPSA) is 63.9 Å². The van der Waals surface area contributed by atoms with E-state index in [-0.39, 0.29) is 5.41 Å². The van der Waals surface area contributed by atoms with E-state index in [0.717, 1.165) is 29.1 Å². The number of nitrogens with zero attached hydrogens (tertiary/aromatic N) is 1. The van der Waals surface area contributed by atoms with E-state index in [1.165, 1.54) is 5.56 Å². The largest absolute Gasteiger partial charge is 0.496 e. The standard InChI is InChI=1S/C16H23N3O/c1-16(2,3)13-9-11(5-6-15(13)20-4)14-10-12(7-8-17)18-19-14/h5-6,9-10H,7-8,17H2,1-4H3,(H,18,19). The molecule has 0 fully saturated rings. The maximum absolute atomic E-state index is 5.56. The number of benzene rings is 1. The fourth-order valence-electron chi connectivity index (χ4n) is 2.25. The number of hydrogen-bond donors (Lipinski definition) is 2. The van der Waals surface area contributed by atoms with Crippen LogP contribution in [0.15, 0.2) is 24.3 Å². The van der Waals surface area contributed by atoms with Crippen molar-refractivity contribution < 1.29 is 4.74 Å². The second-order valence-electron chi connectivity index (χ2n) is 5.98. The maximum Gasteiger partial charge on any atom is 0.122 e. The molecule has 4 nitrogen and oxygen atoms in total. The van der Waals surface area contributed by atoms with Gasteiger partial charge in [0.25, 0.3) is 0 Å². The number of nitrogens with two attached hydrogens (primary N) is 1. The SMILES string of the molecule is COc1ccc(-c2cc(CCN)[nH]n2)cc1C(C)(C)C. The Morgan fingerprint density at radius 3 is 2.60 bits per heavy atom. The van der Waals surface area contributed by atoms with Crippen molar-refractivity contribution in [3.05, 3.63) is 35.5 Å². The van der Waals surface area contributed by atoms with Gasteiger partial charge in [-0.15, -0.1) is 0 Å². The zero-order chi connectivity index (χ0) is 14.8. The molecule has 0 atom stereocenters. The summed E-state index contributed by atoms with van der Waals surface area (Å²) in [7, 11) is 1.71. The highest BCUT2D eigenvalue weighted by molar-refractivity contribution is 5.63. The number of methoxy groups -OCH3 is 1. The summed E-state index contributed by atoms with van der Waals surface area (Å²) in [6.45, 7) is 7.16. The summed E-state index contributed by atoms with van der Waals surface area (Å²) in [5, 5.41) is 7.39. The summed E-state index contributed by atoms with van der Waals surface area (Å²) in [6, 6.07) is 8.26. The third kappa shape index (κ3) is 3.02. The number of aromatic nitrogens is 2. The van der Waals surface area contributed by atoms with E-state index in [4.69, 9.17) is 10.5 Å². The van der Waals surface area contributed by atoms with Gasteiger partial charge in [-0.1, -0.05) is 20.8 Å². The fraction of sp³-hybridized carbons (Fsp3) is 0.438. The molecule has 3 N–H and O–H groups in total. The molecular weight excluding hydrogens is 250 g/mol. The van der Waals surface area contributed by atoms with Crippen molar-refractivity contribution >= 4 is 0 Å². The van der Waals surface area contributed by atoms with Gasteiger partial charge in [0.05, 0.1) is 12.8 Å². The van der Waals surface area contributed by atoms with Crippen LogP contribution in [0.4, 0.5) is 0 Å². The predicted molar refractivity (Wildman–Crippen MR) is 82.0 cm³/mol. The summed E-state index contributed by atoms with van der Waals surface area (Å²) in [6.07, 6.45) is 0.815. The third-order valence-electron chi connectivity index (χ3n) is 3.35. The van der Waals surface area contributed by atoms with Gasteiger partial charge in [0, 0.05) is 23.2 Å². The molecule has 0 saturated carbocycles. The Morgan fingerprint density at radius 1 is 1.25 bits per heavy atom. The van der Waals surface area contributed by atoms with Crippen molar-refractivity contribution in [2.24, 2.45) is 5.73 Å². The second kappa shape index (κ2) is 5.67. The molecule has 0 aliphatic rings. The lowest BCUT2D eigenvalue weighted by molar-refractivity contribution is 0.397. The Labute approximate surface area is 120 Å². The van der Waals surface area contributed by atoms with Crippen molar-refractivity contribution in [1.29, 1.82) is 0 Å². The summed E-state index contributed by atoms with van der Waals surface area (Å²) >= 11 is 0. The number of aromatic amines is 1. The summed E-state index contributed by atoms with van der Waals surface area (Å²) in [5.41, 5.74) is 9.87. The van der Waals surface area contributed by atoms with Gasteiger partial charge in [0.1, 0.15) is 5.75 Å². The first kappa shape index (κ1) is 14.6. The van der Waals surface area contributed by atoms with Crippen LogP contribution < -0.4 is 10.5 Å². The van der Waals surface area contributed by atoms with Gasteiger partial charge in [-0.2, -0.15) is 5.10 Å². The molecule has 0 radical (unpaired) electrons. The molecule has 2 rings (SSSR count). The van der Waals surface area contributed by atoms with E-state index < -0.39 is 0 Å². The van der Waals surface area contributed by atoms with Crippen molar-refractivity contribution in [2.45, 2.75) is 32.6 Å². The molecule has 0 aliphatic carbocycles. The minimum absolute atomic E-state index is 0.0255. The molecule has 0 saturated heterocycles. The van der Waals surface area contributed by atoms with E-state index in [1.807, 2.05) is 12.1 Å². The van der Waals surface area contributed by atoms with Crippen LogP contribution in [0.2, 0.25) is 0 Å². The number of H-pyrrole nitrogens is 1.